The Kier molecular flexibility index (Phi) is 3.40. The van der Waals surface area contributed by atoms with Gasteiger partial charge in [0.05, 0.1) is 0 Å². The quantitative estimate of drug-likeness (QED) is 0.687. The topological polar surface area (TPSA) is 43.6 Å². The van der Waals surface area contributed by atoms with Crippen LogP contribution in [-0.4, -0.2) is 19.5 Å². The Morgan fingerprint density at radius 2 is 1.85 bits per heavy atom. The maximum atomic E-state index is 6.27. The van der Waals surface area contributed by atoms with E-state index in [0.29, 0.717) is 16.5 Å². The third-order valence-electron chi connectivity index (χ3n) is 3.22. The highest BCUT2D eigenvalue weighted by Crippen LogP contribution is 2.25. The van der Waals surface area contributed by atoms with Crippen molar-refractivity contribution in [1.29, 1.82) is 0 Å². The van der Waals surface area contributed by atoms with Crippen LogP contribution in [0, 0.1) is 6.92 Å². The predicted molar refractivity (Wildman–Crippen MR) is 80.8 cm³/mol. The van der Waals surface area contributed by atoms with Crippen LogP contribution in [0.1, 0.15) is 19.2 Å². The van der Waals surface area contributed by atoms with E-state index in [0.717, 1.165) is 30.0 Å². The van der Waals surface area contributed by atoms with Gasteiger partial charge in [-0.1, -0.05) is 48.9 Å². The molecule has 2 heterocycles. The number of aromatic nitrogens is 4. The van der Waals surface area contributed by atoms with E-state index in [-0.39, 0.29) is 0 Å². The second kappa shape index (κ2) is 5.21. The van der Waals surface area contributed by atoms with Crippen LogP contribution in [0.5, 0.6) is 0 Å². The van der Waals surface area contributed by atoms with E-state index in [1.54, 1.807) is 0 Å². The molecule has 0 amide bonds. The fourth-order valence-corrected chi connectivity index (χ4v) is 2.49. The molecular weight excluding hydrogens is 272 g/mol. The van der Waals surface area contributed by atoms with Crippen LogP contribution in [0.25, 0.3) is 22.6 Å². The monoisotopic (exact) mass is 286 g/mol. The number of imidazole rings is 1. The second-order valence-electron chi connectivity index (χ2n) is 4.69. The zero-order valence-electron chi connectivity index (χ0n) is 11.5. The Morgan fingerprint density at radius 3 is 2.55 bits per heavy atom. The summed E-state index contributed by atoms with van der Waals surface area (Å²) < 4.78 is 2.09. The van der Waals surface area contributed by atoms with Crippen molar-refractivity contribution < 1.29 is 0 Å². The van der Waals surface area contributed by atoms with Gasteiger partial charge in [0.15, 0.2) is 16.6 Å². The number of benzene rings is 1. The molecule has 3 aromatic rings. The van der Waals surface area contributed by atoms with Crippen LogP contribution < -0.4 is 0 Å². The zero-order valence-corrected chi connectivity index (χ0v) is 12.2. The van der Waals surface area contributed by atoms with Gasteiger partial charge in [-0.2, -0.15) is 0 Å². The lowest BCUT2D eigenvalue weighted by Crippen LogP contribution is -2.01. The number of halogens is 1. The Balaban J connectivity index is 2.24. The largest absolute Gasteiger partial charge is 0.313 e. The maximum absolute atomic E-state index is 6.27. The third-order valence-corrected chi connectivity index (χ3v) is 3.49. The van der Waals surface area contributed by atoms with Gasteiger partial charge in [0.25, 0.3) is 0 Å². The van der Waals surface area contributed by atoms with E-state index in [2.05, 4.69) is 26.4 Å². The molecule has 0 aliphatic rings. The molecule has 0 atom stereocenters. The van der Waals surface area contributed by atoms with Crippen LogP contribution in [0.2, 0.25) is 5.15 Å². The van der Waals surface area contributed by atoms with Gasteiger partial charge >= 0.3 is 0 Å². The average Bonchev–Trinajstić information content (AvgIpc) is 2.78. The lowest BCUT2D eigenvalue weighted by molar-refractivity contribution is 0.670. The number of hydrogen-bond donors (Lipinski definition) is 0. The number of nitrogens with zero attached hydrogens (tertiary/aromatic N) is 4. The van der Waals surface area contributed by atoms with E-state index < -0.39 is 0 Å². The normalized spacial score (nSPS) is 11.2. The molecule has 5 heteroatoms. The maximum Gasteiger partial charge on any atom is 0.165 e. The smallest absolute Gasteiger partial charge is 0.165 e. The molecule has 4 nitrogen and oxygen atoms in total. The van der Waals surface area contributed by atoms with Gasteiger partial charge in [-0.15, -0.1) is 0 Å². The van der Waals surface area contributed by atoms with Crippen molar-refractivity contribution in [3.8, 4) is 11.4 Å². The van der Waals surface area contributed by atoms with Gasteiger partial charge in [-0.05, 0) is 13.3 Å². The van der Waals surface area contributed by atoms with Crippen molar-refractivity contribution in [2.45, 2.75) is 26.8 Å². The van der Waals surface area contributed by atoms with Gasteiger partial charge in [0.2, 0.25) is 0 Å². The number of aryl methyl sites for hydroxylation is 2. The van der Waals surface area contributed by atoms with E-state index in [9.17, 15) is 0 Å². The fraction of sp³-hybridized carbons (Fsp3) is 0.267. The van der Waals surface area contributed by atoms with Crippen molar-refractivity contribution in [2.24, 2.45) is 0 Å². The number of fused-ring (bicyclic) bond motifs is 1. The summed E-state index contributed by atoms with van der Waals surface area (Å²) in [6.45, 7) is 4.98. The minimum atomic E-state index is 0.409. The lowest BCUT2D eigenvalue weighted by Gasteiger charge is -2.05. The fourth-order valence-electron chi connectivity index (χ4n) is 2.28. The Hall–Kier alpha value is -1.94. The minimum Gasteiger partial charge on any atom is -0.313 e. The number of rotatable bonds is 3. The molecule has 0 radical (unpaired) electrons. The molecule has 3 rings (SSSR count). The molecule has 0 spiro atoms. The van der Waals surface area contributed by atoms with Crippen LogP contribution in [0.15, 0.2) is 30.3 Å². The standard InChI is InChI=1S/C15H15ClN4/c1-3-9-20-10(2)17-12-13(16)18-14(19-15(12)20)11-7-5-4-6-8-11/h4-8H,3,9H2,1-2H3. The SMILES string of the molecule is CCCn1c(C)nc2c(Cl)nc(-c3ccccc3)nc21. The Labute approximate surface area is 122 Å². The third kappa shape index (κ3) is 2.16. The minimum absolute atomic E-state index is 0.409. The van der Waals surface area contributed by atoms with Crippen molar-refractivity contribution in [2.75, 3.05) is 0 Å². The van der Waals surface area contributed by atoms with Gasteiger partial charge in [0, 0.05) is 12.1 Å². The summed E-state index contributed by atoms with van der Waals surface area (Å²) in [5, 5.41) is 0.409. The average molecular weight is 287 g/mol. The number of hydrogen-bond acceptors (Lipinski definition) is 3. The van der Waals surface area contributed by atoms with Gasteiger partial charge < -0.3 is 4.57 Å². The molecule has 0 N–H and O–H groups in total. The van der Waals surface area contributed by atoms with Crippen molar-refractivity contribution in [3.63, 3.8) is 0 Å². The first-order chi connectivity index (χ1) is 9.70. The first-order valence-corrected chi connectivity index (χ1v) is 7.04. The van der Waals surface area contributed by atoms with Crippen LogP contribution in [-0.2, 0) is 6.54 Å². The molecule has 0 fully saturated rings. The molecule has 0 saturated heterocycles. The van der Waals surface area contributed by atoms with Crippen LogP contribution in [0.4, 0.5) is 0 Å². The molecule has 20 heavy (non-hydrogen) atoms. The molecule has 2 aromatic heterocycles. The van der Waals surface area contributed by atoms with Crippen molar-refractivity contribution in [1.82, 2.24) is 19.5 Å². The van der Waals surface area contributed by atoms with Crippen LogP contribution in [0.3, 0.4) is 0 Å². The first kappa shape index (κ1) is 13.1. The lowest BCUT2D eigenvalue weighted by atomic mass is 10.2. The van der Waals surface area contributed by atoms with Gasteiger partial charge in [-0.25, -0.2) is 15.0 Å². The molecule has 1 aromatic carbocycles. The molecule has 0 aliphatic heterocycles. The highest BCUT2D eigenvalue weighted by molar-refractivity contribution is 6.33. The highest BCUT2D eigenvalue weighted by atomic mass is 35.5. The summed E-state index contributed by atoms with van der Waals surface area (Å²) >= 11 is 6.27. The van der Waals surface area contributed by atoms with Crippen molar-refractivity contribution in [3.05, 3.63) is 41.3 Å². The summed E-state index contributed by atoms with van der Waals surface area (Å²) in [6, 6.07) is 9.85. The molecule has 0 saturated carbocycles. The molecule has 0 unspecified atom stereocenters. The van der Waals surface area contributed by atoms with Gasteiger partial charge in [-0.3, -0.25) is 0 Å². The second-order valence-corrected chi connectivity index (χ2v) is 5.04. The summed E-state index contributed by atoms with van der Waals surface area (Å²) in [7, 11) is 0. The van der Waals surface area contributed by atoms with E-state index >= 15 is 0 Å². The summed E-state index contributed by atoms with van der Waals surface area (Å²) in [4.78, 5) is 13.5. The van der Waals surface area contributed by atoms with E-state index in [1.807, 2.05) is 37.3 Å². The molecular formula is C15H15ClN4. The highest BCUT2D eigenvalue weighted by Gasteiger charge is 2.15. The zero-order chi connectivity index (χ0) is 14.1. The van der Waals surface area contributed by atoms with Crippen molar-refractivity contribution >= 4 is 22.8 Å². The summed E-state index contributed by atoms with van der Waals surface area (Å²) in [5.74, 6) is 1.56. The van der Waals surface area contributed by atoms with Crippen LogP contribution >= 0.6 is 11.6 Å². The first-order valence-electron chi connectivity index (χ1n) is 6.66. The molecule has 102 valence electrons. The predicted octanol–water partition coefficient (Wildman–Crippen LogP) is 3.87. The van der Waals surface area contributed by atoms with E-state index in [1.165, 1.54) is 0 Å². The molecule has 0 aliphatic carbocycles. The van der Waals surface area contributed by atoms with Gasteiger partial charge in [0.1, 0.15) is 11.3 Å². The Morgan fingerprint density at radius 1 is 1.10 bits per heavy atom. The molecule has 0 bridgehead atoms. The van der Waals surface area contributed by atoms with E-state index in [4.69, 9.17) is 11.6 Å². The summed E-state index contributed by atoms with van der Waals surface area (Å²) in [6.07, 6.45) is 1.02. The summed E-state index contributed by atoms with van der Waals surface area (Å²) in [5.41, 5.74) is 2.44. The Bertz CT molecular complexity index is 749.